The third kappa shape index (κ3) is 1.45. The van der Waals surface area contributed by atoms with E-state index in [2.05, 4.69) is 10.4 Å². The molecule has 8 heteroatoms. The molecule has 2 rings (SSSR count). The van der Waals surface area contributed by atoms with Gasteiger partial charge >= 0.3 is 0 Å². The van der Waals surface area contributed by atoms with E-state index in [1.54, 1.807) is 0 Å². The zero-order chi connectivity index (χ0) is 12.0. The quantitative estimate of drug-likeness (QED) is 0.335. The number of carbonyl (C=O) groups excluding carboxylic acids is 1. The fourth-order valence-electron chi connectivity index (χ4n) is 1.40. The second kappa shape index (κ2) is 3.96. The van der Waals surface area contributed by atoms with E-state index in [0.29, 0.717) is 0 Å². The molecule has 0 saturated carbocycles. The van der Waals surface area contributed by atoms with Gasteiger partial charge in [0, 0.05) is 0 Å². The summed E-state index contributed by atoms with van der Waals surface area (Å²) in [5.41, 5.74) is 0.402. The van der Waals surface area contributed by atoms with Crippen LogP contribution in [0.3, 0.4) is 0 Å². The Balaban J connectivity index is 2.91. The van der Waals surface area contributed by atoms with Crippen molar-refractivity contribution < 1.29 is 4.79 Å². The van der Waals surface area contributed by atoms with Crippen molar-refractivity contribution in [3.05, 3.63) is 31.2 Å². The smallest absolute Gasteiger partial charge is 0.259 e. The third-order valence-corrected chi connectivity index (χ3v) is 3.89. The van der Waals surface area contributed by atoms with E-state index >= 15 is 0 Å². The van der Waals surface area contributed by atoms with Crippen LogP contribution in [0.25, 0.3) is 0 Å². The Hall–Kier alpha value is -0.680. The highest BCUT2D eigenvalue weighted by Gasteiger charge is 2.33. The molecule has 0 bridgehead atoms. The predicted octanol–water partition coefficient (Wildman–Crippen LogP) is 2.66. The van der Waals surface area contributed by atoms with Gasteiger partial charge in [0.2, 0.25) is 0 Å². The molecule has 1 amide bonds. The molecule has 4 nitrogen and oxygen atoms in total. The van der Waals surface area contributed by atoms with Gasteiger partial charge in [-0.2, -0.15) is 5.10 Å². The molecule has 0 aromatic heterocycles. The number of rotatable bonds is 0. The van der Waals surface area contributed by atoms with Crippen molar-refractivity contribution in [2.24, 2.45) is 10.9 Å². The number of amides is 1. The average molecular weight is 299 g/mol. The molecule has 0 unspecified atom stereocenters. The number of amidine groups is 1. The molecule has 0 fully saturated rings. The summed E-state index contributed by atoms with van der Waals surface area (Å²) in [6.45, 7) is 0. The monoisotopic (exact) mass is 297 g/mol. The molecule has 1 heterocycles. The number of carbonyl (C=O) groups is 1. The van der Waals surface area contributed by atoms with Crippen LogP contribution in [0.4, 0.5) is 0 Å². The predicted molar refractivity (Wildman–Crippen MR) is 64.7 cm³/mol. The number of fused-ring (bicyclic) bond motifs is 1. The molecule has 84 valence electrons. The van der Waals surface area contributed by atoms with Crippen LogP contribution in [0, 0.1) is 0 Å². The molecule has 0 aliphatic carbocycles. The number of halogens is 4. The van der Waals surface area contributed by atoms with Crippen LogP contribution >= 0.6 is 46.4 Å². The van der Waals surface area contributed by atoms with Crippen LogP contribution in [0.2, 0.25) is 20.1 Å². The maximum absolute atomic E-state index is 11.6. The minimum Gasteiger partial charge on any atom is -0.321 e. The Morgan fingerprint density at radius 3 is 1.94 bits per heavy atom. The van der Waals surface area contributed by atoms with E-state index in [1.165, 1.54) is 0 Å². The molecule has 1 aliphatic rings. The maximum atomic E-state index is 11.6. The summed E-state index contributed by atoms with van der Waals surface area (Å²) < 4.78 is 0. The summed E-state index contributed by atoms with van der Waals surface area (Å²) in [6.07, 6.45) is 0. The zero-order valence-electron chi connectivity index (χ0n) is 7.44. The molecule has 1 aromatic rings. The second-order valence-electron chi connectivity index (χ2n) is 2.94. The summed E-state index contributed by atoms with van der Waals surface area (Å²) in [5, 5.41) is 6.01. The van der Waals surface area contributed by atoms with Crippen molar-refractivity contribution in [3.63, 3.8) is 0 Å². The van der Waals surface area contributed by atoms with Crippen LogP contribution in [-0.4, -0.2) is 11.7 Å². The van der Waals surface area contributed by atoms with Gasteiger partial charge in [-0.1, -0.05) is 46.4 Å². The summed E-state index contributed by atoms with van der Waals surface area (Å²) >= 11 is 23.5. The number of hydrogen-bond donors (Lipinski definition) is 2. The molecule has 0 spiro atoms. The molecule has 0 atom stereocenters. The van der Waals surface area contributed by atoms with Crippen LogP contribution in [0.1, 0.15) is 15.9 Å². The molecule has 1 aromatic carbocycles. The number of nitrogens with two attached hydrogens (primary N) is 1. The van der Waals surface area contributed by atoms with Crippen molar-refractivity contribution in [2.45, 2.75) is 0 Å². The number of nitrogens with zero attached hydrogens (tertiary/aromatic N) is 1. The third-order valence-electron chi connectivity index (χ3n) is 2.09. The minimum atomic E-state index is -0.468. The zero-order valence-corrected chi connectivity index (χ0v) is 10.5. The first-order valence-electron chi connectivity index (χ1n) is 3.94. The van der Waals surface area contributed by atoms with Gasteiger partial charge in [-0.05, 0) is 0 Å². The number of nitrogens with one attached hydrogen (secondary N) is 1. The van der Waals surface area contributed by atoms with Gasteiger partial charge in [-0.15, -0.1) is 0 Å². The largest absolute Gasteiger partial charge is 0.321 e. The van der Waals surface area contributed by atoms with Gasteiger partial charge in [0.15, 0.2) is 5.84 Å². The molecule has 16 heavy (non-hydrogen) atoms. The fraction of sp³-hybridized carbons (Fsp3) is 0. The summed E-state index contributed by atoms with van der Waals surface area (Å²) in [7, 11) is 0. The highest BCUT2D eigenvalue weighted by Crippen LogP contribution is 2.42. The Morgan fingerprint density at radius 1 is 0.938 bits per heavy atom. The van der Waals surface area contributed by atoms with Crippen LogP contribution in [0.15, 0.2) is 5.10 Å². The summed E-state index contributed by atoms with van der Waals surface area (Å²) in [5.74, 6) is 4.76. The van der Waals surface area contributed by atoms with E-state index in [9.17, 15) is 4.79 Å². The Labute approximate surface area is 110 Å². The van der Waals surface area contributed by atoms with E-state index < -0.39 is 5.91 Å². The van der Waals surface area contributed by atoms with Crippen LogP contribution in [-0.2, 0) is 0 Å². The van der Waals surface area contributed by atoms with Crippen LogP contribution in [0.5, 0.6) is 0 Å². The van der Waals surface area contributed by atoms with E-state index in [1.807, 2.05) is 0 Å². The normalized spacial score (nSPS) is 16.5. The van der Waals surface area contributed by atoms with Gasteiger partial charge in [0.05, 0.1) is 31.2 Å². The van der Waals surface area contributed by atoms with E-state index in [0.717, 1.165) is 0 Å². The molecule has 1 aliphatic heterocycles. The van der Waals surface area contributed by atoms with E-state index in [-0.39, 0.29) is 37.1 Å². The Morgan fingerprint density at radius 2 is 1.44 bits per heavy atom. The Bertz CT molecular complexity index is 541. The van der Waals surface area contributed by atoms with Gasteiger partial charge in [-0.25, -0.2) is 0 Å². The molecular formula is C8H3Cl4N3O. The minimum absolute atomic E-state index is 0.0282. The summed E-state index contributed by atoms with van der Waals surface area (Å²) in [6, 6.07) is 0. The standard InChI is InChI=1S/C8H3Cl4N3O/c9-3-1-2(4(10)6(12)5(3)11)8(16)14-7(1)15-13/h13H2,(H,14,15,16). The van der Waals surface area contributed by atoms with Gasteiger partial charge < -0.3 is 11.2 Å². The molecule has 0 saturated heterocycles. The van der Waals surface area contributed by atoms with Crippen molar-refractivity contribution in [3.8, 4) is 0 Å². The molecule has 0 radical (unpaired) electrons. The summed E-state index contributed by atoms with van der Waals surface area (Å²) in [4.78, 5) is 11.6. The first-order valence-corrected chi connectivity index (χ1v) is 5.45. The van der Waals surface area contributed by atoms with Crippen LogP contribution < -0.4 is 11.2 Å². The lowest BCUT2D eigenvalue weighted by molar-refractivity contribution is 0.0983. The van der Waals surface area contributed by atoms with Gasteiger partial charge in [0.25, 0.3) is 5.91 Å². The van der Waals surface area contributed by atoms with Gasteiger partial charge in [-0.3, -0.25) is 4.79 Å². The molecular weight excluding hydrogens is 296 g/mol. The Kier molecular flexibility index (Phi) is 2.92. The fourth-order valence-corrected chi connectivity index (χ4v) is 2.42. The number of benzene rings is 1. The molecule has 3 N–H and O–H groups in total. The topological polar surface area (TPSA) is 67.5 Å². The average Bonchev–Trinajstić information content (AvgIpc) is 2.60. The van der Waals surface area contributed by atoms with Crippen molar-refractivity contribution in [1.29, 1.82) is 0 Å². The SMILES string of the molecule is NN=C1NC(=O)c2c(Cl)c(Cl)c(Cl)c(Cl)c21. The van der Waals surface area contributed by atoms with Gasteiger partial charge in [0.1, 0.15) is 0 Å². The van der Waals surface area contributed by atoms with E-state index in [4.69, 9.17) is 52.2 Å². The van der Waals surface area contributed by atoms with Crippen molar-refractivity contribution >= 4 is 58.1 Å². The number of hydrazone groups is 1. The second-order valence-corrected chi connectivity index (χ2v) is 4.45. The highest BCUT2D eigenvalue weighted by molar-refractivity contribution is 6.55. The maximum Gasteiger partial charge on any atom is 0.259 e. The van der Waals surface area contributed by atoms with Crippen molar-refractivity contribution in [1.82, 2.24) is 5.32 Å². The lowest BCUT2D eigenvalue weighted by Gasteiger charge is -2.07. The first-order chi connectivity index (χ1) is 7.49. The van der Waals surface area contributed by atoms with Crippen molar-refractivity contribution in [2.75, 3.05) is 0 Å². The lowest BCUT2D eigenvalue weighted by Crippen LogP contribution is -2.22. The highest BCUT2D eigenvalue weighted by atomic mass is 35.5. The number of hydrogen-bond acceptors (Lipinski definition) is 3. The lowest BCUT2D eigenvalue weighted by atomic mass is 10.1. The first kappa shape index (κ1) is 11.8.